The number of rotatable bonds is 5. The molecule has 7 nitrogen and oxygen atoms in total. The van der Waals surface area contributed by atoms with Crippen LogP contribution in [0.25, 0.3) is 0 Å². The molecule has 1 aliphatic rings. The van der Waals surface area contributed by atoms with Crippen molar-refractivity contribution in [3.63, 3.8) is 0 Å². The maximum atomic E-state index is 5.37. The molecule has 1 saturated heterocycles. The molecule has 2 aromatic heterocycles. The summed E-state index contributed by atoms with van der Waals surface area (Å²) in [5.74, 6) is 2.21. The molecule has 3 heterocycles. The Hall–Kier alpha value is -1.80. The maximum absolute atomic E-state index is 5.37. The molecule has 0 amide bonds. The Balaban J connectivity index is 1.56. The zero-order chi connectivity index (χ0) is 15.4. The van der Waals surface area contributed by atoms with Gasteiger partial charge < -0.3 is 15.0 Å². The first-order valence-corrected chi connectivity index (χ1v) is 8.13. The lowest BCUT2D eigenvalue weighted by Gasteiger charge is -2.18. The van der Waals surface area contributed by atoms with Gasteiger partial charge in [0.2, 0.25) is 5.13 Å². The molecule has 0 aromatic carbocycles. The number of hydrogen-bond acceptors (Lipinski definition) is 8. The first-order chi connectivity index (χ1) is 10.7. The fraction of sp³-hybridized carbons (Fsp3) is 0.571. The van der Waals surface area contributed by atoms with Gasteiger partial charge in [0.1, 0.15) is 11.6 Å². The third-order valence-corrected chi connectivity index (χ3v) is 4.29. The van der Waals surface area contributed by atoms with E-state index >= 15 is 0 Å². The Morgan fingerprint density at radius 3 is 2.77 bits per heavy atom. The van der Waals surface area contributed by atoms with Crippen LogP contribution < -0.4 is 10.2 Å². The maximum Gasteiger partial charge on any atom is 0.202 e. The number of ether oxygens (including phenoxy) is 1. The average Bonchev–Trinajstić information content (AvgIpc) is 3.03. The zero-order valence-corrected chi connectivity index (χ0v) is 13.6. The fourth-order valence-electron chi connectivity index (χ4n) is 2.26. The monoisotopic (exact) mass is 320 g/mol. The zero-order valence-electron chi connectivity index (χ0n) is 12.8. The highest BCUT2D eigenvalue weighted by molar-refractivity contribution is 7.09. The summed E-state index contributed by atoms with van der Waals surface area (Å²) < 4.78 is 9.83. The van der Waals surface area contributed by atoms with E-state index in [1.807, 2.05) is 19.0 Å². The van der Waals surface area contributed by atoms with Gasteiger partial charge in [-0.25, -0.2) is 9.97 Å². The number of hydrogen-bond donors (Lipinski definition) is 1. The first kappa shape index (κ1) is 15.1. The smallest absolute Gasteiger partial charge is 0.202 e. The van der Waals surface area contributed by atoms with Crippen molar-refractivity contribution in [2.45, 2.75) is 25.3 Å². The quantitative estimate of drug-likeness (QED) is 0.901. The van der Waals surface area contributed by atoms with Crippen LogP contribution in [0, 0.1) is 0 Å². The van der Waals surface area contributed by atoms with E-state index in [1.165, 1.54) is 11.5 Å². The predicted octanol–water partition coefficient (Wildman–Crippen LogP) is 1.90. The van der Waals surface area contributed by atoms with Crippen molar-refractivity contribution in [1.29, 1.82) is 0 Å². The van der Waals surface area contributed by atoms with Gasteiger partial charge in [0, 0.05) is 44.8 Å². The van der Waals surface area contributed by atoms with E-state index in [1.54, 1.807) is 12.4 Å². The minimum atomic E-state index is 0.430. The Morgan fingerprint density at radius 1 is 1.27 bits per heavy atom. The van der Waals surface area contributed by atoms with E-state index in [0.29, 0.717) is 12.5 Å². The van der Waals surface area contributed by atoms with Gasteiger partial charge in [0.15, 0.2) is 0 Å². The molecule has 0 unspecified atom stereocenters. The summed E-state index contributed by atoms with van der Waals surface area (Å²) in [4.78, 5) is 15.2. The molecular formula is C14H20N6OS. The Kier molecular flexibility index (Phi) is 4.79. The minimum absolute atomic E-state index is 0.430. The van der Waals surface area contributed by atoms with Crippen LogP contribution in [0.2, 0.25) is 0 Å². The van der Waals surface area contributed by atoms with E-state index in [4.69, 9.17) is 4.74 Å². The van der Waals surface area contributed by atoms with Crippen LogP contribution in [0.15, 0.2) is 12.4 Å². The molecule has 0 atom stereocenters. The van der Waals surface area contributed by atoms with Gasteiger partial charge in [0.25, 0.3) is 0 Å². The molecule has 1 N–H and O–H groups in total. The Morgan fingerprint density at radius 2 is 2.09 bits per heavy atom. The fourth-order valence-corrected chi connectivity index (χ4v) is 2.91. The van der Waals surface area contributed by atoms with Crippen molar-refractivity contribution < 1.29 is 4.74 Å². The van der Waals surface area contributed by atoms with Crippen LogP contribution in [0.5, 0.6) is 0 Å². The van der Waals surface area contributed by atoms with Gasteiger partial charge in [-0.15, -0.1) is 0 Å². The van der Waals surface area contributed by atoms with Crippen LogP contribution in [0.3, 0.4) is 0 Å². The van der Waals surface area contributed by atoms with Gasteiger partial charge in [-0.1, -0.05) is 0 Å². The van der Waals surface area contributed by atoms with Crippen LogP contribution in [-0.4, -0.2) is 46.6 Å². The van der Waals surface area contributed by atoms with E-state index in [-0.39, 0.29) is 0 Å². The van der Waals surface area contributed by atoms with Crippen molar-refractivity contribution in [2.24, 2.45) is 0 Å². The summed E-state index contributed by atoms with van der Waals surface area (Å²) in [7, 11) is 3.89. The summed E-state index contributed by atoms with van der Waals surface area (Å²) in [5, 5.41) is 4.10. The molecular weight excluding hydrogens is 300 g/mol. The van der Waals surface area contributed by atoms with E-state index in [9.17, 15) is 0 Å². The normalized spacial score (nSPS) is 15.7. The highest BCUT2D eigenvalue weighted by Gasteiger charge is 2.20. The van der Waals surface area contributed by atoms with E-state index < -0.39 is 0 Å². The van der Waals surface area contributed by atoms with Crippen molar-refractivity contribution >= 4 is 22.5 Å². The topological polar surface area (TPSA) is 76.1 Å². The van der Waals surface area contributed by atoms with Gasteiger partial charge >= 0.3 is 0 Å². The summed E-state index contributed by atoms with van der Waals surface area (Å²) in [6.45, 7) is 2.21. The molecule has 0 saturated carbocycles. The standard InChI is InChI=1S/C14H20N6OS/c1-20(2)12-9-15-11(7-16-12)8-17-14-18-13(19-22-14)10-3-5-21-6-4-10/h7,9-10H,3-6,8H2,1-2H3,(H,17,18,19). The van der Waals surface area contributed by atoms with Crippen LogP contribution >= 0.6 is 11.5 Å². The molecule has 1 fully saturated rings. The molecule has 0 radical (unpaired) electrons. The minimum Gasteiger partial charge on any atom is -0.381 e. The molecule has 1 aliphatic heterocycles. The number of aromatic nitrogens is 4. The number of anilines is 2. The molecule has 8 heteroatoms. The van der Waals surface area contributed by atoms with Crippen molar-refractivity contribution in [3.05, 3.63) is 23.9 Å². The third-order valence-electron chi connectivity index (χ3n) is 3.60. The van der Waals surface area contributed by atoms with Crippen LogP contribution in [-0.2, 0) is 11.3 Å². The van der Waals surface area contributed by atoms with Crippen molar-refractivity contribution in [3.8, 4) is 0 Å². The highest BCUT2D eigenvalue weighted by atomic mass is 32.1. The number of nitrogens with one attached hydrogen (secondary N) is 1. The Labute approximate surface area is 133 Å². The second-order valence-electron chi connectivity index (χ2n) is 5.46. The van der Waals surface area contributed by atoms with Gasteiger partial charge in [-0.2, -0.15) is 4.37 Å². The highest BCUT2D eigenvalue weighted by Crippen LogP contribution is 2.27. The average molecular weight is 320 g/mol. The summed E-state index contributed by atoms with van der Waals surface area (Å²) in [5.41, 5.74) is 0.883. The lowest BCUT2D eigenvalue weighted by molar-refractivity contribution is 0.0838. The van der Waals surface area contributed by atoms with Gasteiger partial charge in [0.05, 0.1) is 24.6 Å². The largest absolute Gasteiger partial charge is 0.381 e. The predicted molar refractivity (Wildman–Crippen MR) is 86.4 cm³/mol. The third kappa shape index (κ3) is 3.69. The summed E-state index contributed by atoms with van der Waals surface area (Å²) in [6, 6.07) is 0. The van der Waals surface area contributed by atoms with E-state index in [0.717, 1.165) is 48.5 Å². The molecule has 118 valence electrons. The molecule has 22 heavy (non-hydrogen) atoms. The molecule has 0 spiro atoms. The molecule has 2 aromatic rings. The van der Waals surface area contributed by atoms with Crippen LogP contribution in [0.1, 0.15) is 30.3 Å². The Bertz CT molecular complexity index is 594. The summed E-state index contributed by atoms with van der Waals surface area (Å²) >= 11 is 1.40. The lowest BCUT2D eigenvalue weighted by atomic mass is 10.00. The second kappa shape index (κ2) is 6.97. The molecule has 0 bridgehead atoms. The first-order valence-electron chi connectivity index (χ1n) is 7.36. The summed E-state index contributed by atoms with van der Waals surface area (Å²) in [6.07, 6.45) is 5.56. The van der Waals surface area contributed by atoms with Gasteiger partial charge in [-0.05, 0) is 12.8 Å². The van der Waals surface area contributed by atoms with Crippen LogP contribution in [0.4, 0.5) is 10.9 Å². The second-order valence-corrected chi connectivity index (χ2v) is 6.21. The molecule has 3 rings (SSSR count). The number of nitrogens with zero attached hydrogens (tertiary/aromatic N) is 5. The SMILES string of the molecule is CN(C)c1cnc(CNc2nc(C3CCOCC3)ns2)cn1. The molecule has 0 aliphatic carbocycles. The van der Waals surface area contributed by atoms with Gasteiger partial charge in [-0.3, -0.25) is 4.98 Å². The van der Waals surface area contributed by atoms with Crippen molar-refractivity contribution in [2.75, 3.05) is 37.5 Å². The lowest BCUT2D eigenvalue weighted by Crippen LogP contribution is -2.15. The van der Waals surface area contributed by atoms with Crippen molar-refractivity contribution in [1.82, 2.24) is 19.3 Å². The van der Waals surface area contributed by atoms with E-state index in [2.05, 4.69) is 24.6 Å².